The summed E-state index contributed by atoms with van der Waals surface area (Å²) in [6.07, 6.45) is 0. The molecule has 0 bridgehead atoms. The van der Waals surface area contributed by atoms with E-state index in [9.17, 15) is 14.9 Å². The number of rotatable bonds is 6. The van der Waals surface area contributed by atoms with Crippen molar-refractivity contribution in [3.8, 4) is 0 Å². The maximum atomic E-state index is 12.6. The van der Waals surface area contributed by atoms with E-state index in [0.29, 0.717) is 29.6 Å². The number of aromatic nitrogens is 1. The zero-order valence-corrected chi connectivity index (χ0v) is 16.9. The van der Waals surface area contributed by atoms with Crippen LogP contribution in [0.3, 0.4) is 0 Å². The summed E-state index contributed by atoms with van der Waals surface area (Å²) in [6, 6.07) is 9.13. The molecule has 1 amide bonds. The molecule has 0 radical (unpaired) electrons. The Morgan fingerprint density at radius 1 is 1.29 bits per heavy atom. The van der Waals surface area contributed by atoms with Crippen LogP contribution in [0.2, 0.25) is 5.02 Å². The van der Waals surface area contributed by atoms with E-state index in [2.05, 4.69) is 4.99 Å². The first kappa shape index (κ1) is 20.2. The largest absolute Gasteiger partial charge is 0.380 e. The number of non-ortho nitro benzene ring substituents is 1. The van der Waals surface area contributed by atoms with E-state index in [-0.39, 0.29) is 11.3 Å². The van der Waals surface area contributed by atoms with E-state index in [1.165, 1.54) is 35.6 Å². The van der Waals surface area contributed by atoms with Crippen LogP contribution in [0.5, 0.6) is 0 Å². The Bertz CT molecular complexity index is 1100. The van der Waals surface area contributed by atoms with Gasteiger partial charge in [0.1, 0.15) is 0 Å². The minimum absolute atomic E-state index is 0.0737. The molecule has 1 heterocycles. The molecule has 0 aliphatic carbocycles. The summed E-state index contributed by atoms with van der Waals surface area (Å²) in [5.41, 5.74) is 2.05. The number of carbonyl (C=O) groups excluding carboxylic acids is 1. The van der Waals surface area contributed by atoms with Gasteiger partial charge in [-0.3, -0.25) is 14.9 Å². The van der Waals surface area contributed by atoms with Crippen molar-refractivity contribution in [1.29, 1.82) is 0 Å². The number of aryl methyl sites for hydroxylation is 1. The number of fused-ring (bicyclic) bond motifs is 1. The molecule has 0 aliphatic rings. The highest BCUT2D eigenvalue weighted by Gasteiger charge is 2.14. The molecule has 1 aromatic heterocycles. The number of thiazole rings is 1. The molecule has 0 N–H and O–H groups in total. The van der Waals surface area contributed by atoms with Crippen molar-refractivity contribution in [3.05, 3.63) is 67.5 Å². The first-order chi connectivity index (χ1) is 13.4. The average Bonchev–Trinajstić information content (AvgIpc) is 3.03. The number of nitro groups is 1. The van der Waals surface area contributed by atoms with Crippen LogP contribution >= 0.6 is 22.9 Å². The molecule has 0 unspecified atom stereocenters. The van der Waals surface area contributed by atoms with Crippen LogP contribution in [0, 0.1) is 17.0 Å². The Hall–Kier alpha value is -2.55. The number of halogens is 1. The third-order valence-electron chi connectivity index (χ3n) is 4.22. The summed E-state index contributed by atoms with van der Waals surface area (Å²) in [5.74, 6) is -0.463. The van der Waals surface area contributed by atoms with Gasteiger partial charge in [0.2, 0.25) is 0 Å². The molecule has 146 valence electrons. The number of nitrogens with zero attached hydrogens (tertiary/aromatic N) is 3. The molecule has 0 fully saturated rings. The Labute approximate surface area is 170 Å². The van der Waals surface area contributed by atoms with Gasteiger partial charge in [0.25, 0.3) is 11.6 Å². The molecule has 3 rings (SSSR count). The highest BCUT2D eigenvalue weighted by molar-refractivity contribution is 7.16. The molecule has 9 heteroatoms. The molecule has 3 aromatic rings. The number of ether oxygens (including phenoxy) is 1. The van der Waals surface area contributed by atoms with Crippen LogP contribution < -0.4 is 4.80 Å². The molecule has 0 aliphatic heterocycles. The Balaban J connectivity index is 2.07. The van der Waals surface area contributed by atoms with Crippen LogP contribution in [-0.4, -0.2) is 28.6 Å². The first-order valence-corrected chi connectivity index (χ1v) is 9.81. The van der Waals surface area contributed by atoms with Crippen LogP contribution in [0.25, 0.3) is 10.2 Å². The van der Waals surface area contributed by atoms with Crippen molar-refractivity contribution in [2.75, 3.05) is 13.2 Å². The predicted octanol–water partition coefficient (Wildman–Crippen LogP) is 4.35. The highest BCUT2D eigenvalue weighted by Crippen LogP contribution is 2.27. The standard InChI is InChI=1S/C19H18ClN3O4S/c1-3-27-11-10-22-17-12(2)15(20)8-9-16(17)28-19(22)21-18(24)13-4-6-14(7-5-13)23(25)26/h4-9H,3,10-11H2,1-2H3. The monoisotopic (exact) mass is 419 g/mol. The molecule has 0 saturated carbocycles. The topological polar surface area (TPSA) is 86.7 Å². The van der Waals surface area contributed by atoms with Gasteiger partial charge in [-0.05, 0) is 43.7 Å². The van der Waals surface area contributed by atoms with Crippen molar-refractivity contribution in [1.82, 2.24) is 4.57 Å². The van der Waals surface area contributed by atoms with E-state index in [1.54, 1.807) is 0 Å². The number of carbonyl (C=O) groups is 1. The van der Waals surface area contributed by atoms with Gasteiger partial charge in [0.05, 0.1) is 21.7 Å². The second-order valence-electron chi connectivity index (χ2n) is 5.97. The Kier molecular flexibility index (Phi) is 6.23. The highest BCUT2D eigenvalue weighted by atomic mass is 35.5. The predicted molar refractivity (Wildman–Crippen MR) is 109 cm³/mol. The van der Waals surface area contributed by atoms with Gasteiger partial charge < -0.3 is 9.30 Å². The number of hydrogen-bond donors (Lipinski definition) is 0. The smallest absolute Gasteiger partial charge is 0.279 e. The second kappa shape index (κ2) is 8.64. The van der Waals surface area contributed by atoms with Gasteiger partial charge in [-0.1, -0.05) is 22.9 Å². The number of benzene rings is 2. The summed E-state index contributed by atoms with van der Waals surface area (Å²) < 4.78 is 8.36. The van der Waals surface area contributed by atoms with Gasteiger partial charge in [-0.25, -0.2) is 0 Å². The first-order valence-electron chi connectivity index (χ1n) is 8.62. The maximum absolute atomic E-state index is 12.6. The van der Waals surface area contributed by atoms with Crippen LogP contribution in [0.4, 0.5) is 5.69 Å². The van der Waals surface area contributed by atoms with E-state index in [1.807, 2.05) is 30.5 Å². The van der Waals surface area contributed by atoms with Gasteiger partial charge in [-0.15, -0.1) is 0 Å². The third-order valence-corrected chi connectivity index (χ3v) is 5.67. The zero-order chi connectivity index (χ0) is 20.3. The van der Waals surface area contributed by atoms with E-state index >= 15 is 0 Å². The van der Waals surface area contributed by atoms with Crippen LogP contribution in [0.1, 0.15) is 22.8 Å². The second-order valence-corrected chi connectivity index (χ2v) is 7.39. The van der Waals surface area contributed by atoms with Gasteiger partial charge in [0.15, 0.2) is 4.80 Å². The average molecular weight is 420 g/mol. The van der Waals surface area contributed by atoms with Crippen LogP contribution in [-0.2, 0) is 11.3 Å². The van der Waals surface area contributed by atoms with Gasteiger partial charge in [-0.2, -0.15) is 4.99 Å². The number of nitro benzene ring substituents is 1. The lowest BCUT2D eigenvalue weighted by Gasteiger charge is -2.08. The molecule has 28 heavy (non-hydrogen) atoms. The SMILES string of the molecule is CCOCCn1c(=NC(=O)c2ccc([N+](=O)[O-])cc2)sc2ccc(Cl)c(C)c21. The van der Waals surface area contributed by atoms with Crippen molar-refractivity contribution < 1.29 is 14.5 Å². The van der Waals surface area contributed by atoms with Crippen molar-refractivity contribution >= 4 is 44.7 Å². The summed E-state index contributed by atoms with van der Waals surface area (Å²) in [5, 5.41) is 11.4. The third kappa shape index (κ3) is 4.14. The minimum Gasteiger partial charge on any atom is -0.380 e. The fraction of sp³-hybridized carbons (Fsp3) is 0.263. The lowest BCUT2D eigenvalue weighted by atomic mass is 10.2. The van der Waals surface area contributed by atoms with Crippen LogP contribution in [0.15, 0.2) is 41.4 Å². The normalized spacial score (nSPS) is 11.9. The summed E-state index contributed by atoms with van der Waals surface area (Å²) >= 11 is 7.67. The van der Waals surface area contributed by atoms with Crippen molar-refractivity contribution in [3.63, 3.8) is 0 Å². The molecule has 0 saturated heterocycles. The fourth-order valence-electron chi connectivity index (χ4n) is 2.79. The van der Waals surface area contributed by atoms with Gasteiger partial charge >= 0.3 is 0 Å². The summed E-state index contributed by atoms with van der Waals surface area (Å²) in [4.78, 5) is 27.7. The lowest BCUT2D eigenvalue weighted by Crippen LogP contribution is -2.20. The molecular weight excluding hydrogens is 402 g/mol. The molecule has 7 nitrogen and oxygen atoms in total. The Morgan fingerprint density at radius 2 is 2.00 bits per heavy atom. The van der Waals surface area contributed by atoms with Gasteiger partial charge in [0, 0.05) is 35.9 Å². The maximum Gasteiger partial charge on any atom is 0.279 e. The Morgan fingerprint density at radius 3 is 2.64 bits per heavy atom. The summed E-state index contributed by atoms with van der Waals surface area (Å²) in [7, 11) is 0. The quantitative estimate of drug-likeness (QED) is 0.337. The van der Waals surface area contributed by atoms with E-state index in [4.69, 9.17) is 16.3 Å². The van der Waals surface area contributed by atoms with Crippen molar-refractivity contribution in [2.24, 2.45) is 4.99 Å². The molecule has 0 spiro atoms. The molecule has 2 aromatic carbocycles. The zero-order valence-electron chi connectivity index (χ0n) is 15.3. The number of hydrogen-bond acceptors (Lipinski definition) is 5. The minimum atomic E-state index is -0.508. The van der Waals surface area contributed by atoms with E-state index < -0.39 is 10.8 Å². The summed E-state index contributed by atoms with van der Waals surface area (Å²) in [6.45, 7) is 5.45. The van der Waals surface area contributed by atoms with Crippen molar-refractivity contribution in [2.45, 2.75) is 20.4 Å². The fourth-order valence-corrected chi connectivity index (χ4v) is 4.05. The molecule has 0 atom stereocenters. The van der Waals surface area contributed by atoms with E-state index in [0.717, 1.165) is 15.8 Å². The lowest BCUT2D eigenvalue weighted by molar-refractivity contribution is -0.384. The molecular formula is C19H18ClN3O4S. The number of amides is 1.